The molecule has 8 nitrogen and oxygen atoms in total. The quantitative estimate of drug-likeness (QED) is 0.212. The summed E-state index contributed by atoms with van der Waals surface area (Å²) < 4.78 is 6.73. The van der Waals surface area contributed by atoms with Crippen LogP contribution in [0.2, 0.25) is 0 Å². The molecule has 26 heavy (non-hydrogen) atoms. The molecule has 1 aromatic carbocycles. The van der Waals surface area contributed by atoms with Gasteiger partial charge in [-0.15, -0.1) is 31.8 Å². The lowest BCUT2D eigenvalue weighted by Crippen LogP contribution is -2.24. The summed E-state index contributed by atoms with van der Waals surface area (Å²) in [4.78, 5) is 12.6. The van der Waals surface area contributed by atoms with Crippen LogP contribution < -0.4 is 10.9 Å². The Bertz CT molecular complexity index is 966. The highest BCUT2D eigenvalue weighted by molar-refractivity contribution is 8.00. The van der Waals surface area contributed by atoms with Crippen molar-refractivity contribution >= 4 is 67.0 Å². The number of esters is 1. The number of carbonyl (C=O) groups is 1. The Balaban J connectivity index is 2.04. The molecule has 0 bridgehead atoms. The fraction of sp³-hybridized carbons (Fsp3) is 0.267. The number of carbonyl (C=O) groups excluding carboxylic acids is 1. The zero-order chi connectivity index (χ0) is 18.7. The van der Waals surface area contributed by atoms with Crippen LogP contribution in [0.15, 0.2) is 32.8 Å². The molecule has 0 amide bonds. The maximum atomic E-state index is 12.1. The van der Waals surface area contributed by atoms with Gasteiger partial charge in [-0.25, -0.2) is 10.6 Å². The third-order valence-electron chi connectivity index (χ3n) is 3.31. The van der Waals surface area contributed by atoms with E-state index in [-0.39, 0.29) is 5.97 Å². The smallest absolute Gasteiger partial charge is 0.348 e. The van der Waals surface area contributed by atoms with Crippen molar-refractivity contribution in [3.8, 4) is 0 Å². The number of hydrazine groups is 1. The Morgan fingerprint density at radius 3 is 2.81 bits per heavy atom. The number of anilines is 1. The zero-order valence-electron chi connectivity index (χ0n) is 14.3. The van der Waals surface area contributed by atoms with Gasteiger partial charge < -0.3 is 9.75 Å². The van der Waals surface area contributed by atoms with Crippen LogP contribution in [-0.2, 0) is 4.74 Å². The molecule has 0 aliphatic carbocycles. The van der Waals surface area contributed by atoms with Crippen molar-refractivity contribution in [1.82, 2.24) is 10.2 Å². The first-order valence-corrected chi connectivity index (χ1v) is 10.4. The van der Waals surface area contributed by atoms with Gasteiger partial charge in [0.1, 0.15) is 10.6 Å². The van der Waals surface area contributed by atoms with Crippen LogP contribution in [0.4, 0.5) is 16.5 Å². The van der Waals surface area contributed by atoms with Crippen molar-refractivity contribution < 1.29 is 9.53 Å². The number of hydrogen-bond donors (Lipinski definition) is 1. The molecular weight excluding hydrogens is 392 g/mol. The SMILES string of the molecule is CCOC(=O)c1cc2c(N(C)N)ccc(N=Nc3nnc(SC)s3)c2s1. The van der Waals surface area contributed by atoms with Crippen LogP contribution in [0.25, 0.3) is 10.1 Å². The largest absolute Gasteiger partial charge is 0.462 e. The minimum Gasteiger partial charge on any atom is -0.462 e. The number of fused-ring (bicyclic) bond motifs is 1. The number of nitrogens with two attached hydrogens (primary N) is 1. The van der Waals surface area contributed by atoms with Gasteiger partial charge in [-0.1, -0.05) is 23.1 Å². The van der Waals surface area contributed by atoms with E-state index in [0.29, 0.717) is 22.3 Å². The van der Waals surface area contributed by atoms with Crippen molar-refractivity contribution in [2.24, 2.45) is 16.1 Å². The number of benzene rings is 1. The van der Waals surface area contributed by atoms with E-state index in [2.05, 4.69) is 20.4 Å². The summed E-state index contributed by atoms with van der Waals surface area (Å²) in [5.41, 5.74) is 1.42. The molecule has 0 fully saturated rings. The lowest BCUT2D eigenvalue weighted by molar-refractivity contribution is 0.0532. The maximum absolute atomic E-state index is 12.1. The second kappa shape index (κ2) is 8.08. The Kier molecular flexibility index (Phi) is 5.81. The van der Waals surface area contributed by atoms with Gasteiger partial charge >= 0.3 is 5.97 Å². The molecule has 2 heterocycles. The standard InChI is InChI=1S/C15H16N6O2S3/c1-4-23-13(22)11-7-8-10(21(2)16)6-5-9(12(8)25-11)17-18-14-19-20-15(24-3)26-14/h5-7H,4,16H2,1-3H3. The van der Waals surface area contributed by atoms with Gasteiger partial charge in [0.25, 0.3) is 5.13 Å². The molecular formula is C15H16N6O2S3. The van der Waals surface area contributed by atoms with Gasteiger partial charge in [0.2, 0.25) is 0 Å². The Labute approximate surface area is 162 Å². The molecule has 0 saturated heterocycles. The summed E-state index contributed by atoms with van der Waals surface area (Å²) in [5.74, 6) is 5.54. The second-order valence-corrected chi connectivity index (χ2v) is 8.10. The van der Waals surface area contributed by atoms with Crippen molar-refractivity contribution in [3.63, 3.8) is 0 Å². The Morgan fingerprint density at radius 1 is 1.35 bits per heavy atom. The zero-order valence-corrected chi connectivity index (χ0v) is 16.7. The van der Waals surface area contributed by atoms with E-state index in [9.17, 15) is 4.79 Å². The van der Waals surface area contributed by atoms with Crippen LogP contribution in [0.3, 0.4) is 0 Å². The molecule has 0 aliphatic heterocycles. The third kappa shape index (κ3) is 3.85. The average Bonchev–Trinajstić information content (AvgIpc) is 3.26. The number of thiophene rings is 1. The number of azo groups is 1. The summed E-state index contributed by atoms with van der Waals surface area (Å²) in [6.45, 7) is 2.09. The van der Waals surface area contributed by atoms with Crippen LogP contribution in [-0.4, -0.2) is 36.1 Å². The van der Waals surface area contributed by atoms with Crippen LogP contribution in [0.5, 0.6) is 0 Å². The summed E-state index contributed by atoms with van der Waals surface area (Å²) in [6.07, 6.45) is 1.93. The van der Waals surface area contributed by atoms with Crippen LogP contribution in [0.1, 0.15) is 16.6 Å². The monoisotopic (exact) mass is 408 g/mol. The molecule has 11 heteroatoms. The number of hydrogen-bond acceptors (Lipinski definition) is 11. The molecule has 0 aliphatic rings. The predicted molar refractivity (Wildman–Crippen MR) is 106 cm³/mol. The van der Waals surface area contributed by atoms with E-state index >= 15 is 0 Å². The van der Waals surface area contributed by atoms with E-state index in [1.807, 2.05) is 18.4 Å². The first kappa shape index (κ1) is 18.7. The summed E-state index contributed by atoms with van der Waals surface area (Å²) in [7, 11) is 1.74. The summed E-state index contributed by atoms with van der Waals surface area (Å²) in [5, 5.41) is 19.2. The topological polar surface area (TPSA) is 106 Å². The molecule has 3 aromatic rings. The van der Waals surface area contributed by atoms with E-state index in [1.54, 1.807) is 20.0 Å². The lowest BCUT2D eigenvalue weighted by Gasteiger charge is -2.13. The molecule has 136 valence electrons. The number of ether oxygens (including phenoxy) is 1. The number of aromatic nitrogens is 2. The van der Waals surface area contributed by atoms with Gasteiger partial charge in [0.05, 0.1) is 17.0 Å². The first-order chi connectivity index (χ1) is 12.5. The van der Waals surface area contributed by atoms with Crippen molar-refractivity contribution in [1.29, 1.82) is 0 Å². The van der Waals surface area contributed by atoms with Crippen molar-refractivity contribution in [2.45, 2.75) is 11.3 Å². The average molecular weight is 409 g/mol. The van der Waals surface area contributed by atoms with Gasteiger partial charge in [-0.05, 0) is 31.4 Å². The van der Waals surface area contributed by atoms with Crippen molar-refractivity contribution in [3.05, 3.63) is 23.1 Å². The number of nitrogens with zero attached hydrogens (tertiary/aromatic N) is 5. The van der Waals surface area contributed by atoms with Gasteiger partial charge in [-0.3, -0.25) is 0 Å². The number of thioether (sulfide) groups is 1. The fourth-order valence-corrected chi connectivity index (χ4v) is 4.31. The maximum Gasteiger partial charge on any atom is 0.348 e. The van der Waals surface area contributed by atoms with E-state index < -0.39 is 0 Å². The molecule has 2 aromatic heterocycles. The summed E-state index contributed by atoms with van der Waals surface area (Å²) in [6, 6.07) is 5.42. The van der Waals surface area contributed by atoms with Gasteiger partial charge in [0.15, 0.2) is 4.34 Å². The molecule has 0 unspecified atom stereocenters. The molecule has 2 N–H and O–H groups in total. The normalized spacial score (nSPS) is 11.4. The number of rotatable bonds is 6. The molecule has 0 atom stereocenters. The highest BCUT2D eigenvalue weighted by Gasteiger charge is 2.17. The van der Waals surface area contributed by atoms with E-state index in [0.717, 1.165) is 20.1 Å². The van der Waals surface area contributed by atoms with E-state index in [4.69, 9.17) is 10.6 Å². The molecule has 0 radical (unpaired) electrons. The molecule has 3 rings (SSSR count). The molecule has 0 spiro atoms. The highest BCUT2D eigenvalue weighted by atomic mass is 32.2. The highest BCUT2D eigenvalue weighted by Crippen LogP contribution is 2.40. The second-order valence-electron chi connectivity index (χ2n) is 5.04. The molecule has 0 saturated carbocycles. The van der Waals surface area contributed by atoms with E-state index in [1.165, 1.54) is 39.4 Å². The van der Waals surface area contributed by atoms with Gasteiger partial charge in [-0.2, -0.15) is 0 Å². The van der Waals surface area contributed by atoms with Crippen molar-refractivity contribution in [2.75, 3.05) is 24.9 Å². The Morgan fingerprint density at radius 2 is 2.15 bits per heavy atom. The predicted octanol–water partition coefficient (Wildman–Crippen LogP) is 4.38. The lowest BCUT2D eigenvalue weighted by atomic mass is 10.2. The van der Waals surface area contributed by atoms with Crippen LogP contribution >= 0.6 is 34.4 Å². The minimum absolute atomic E-state index is 0.318. The summed E-state index contributed by atoms with van der Waals surface area (Å²) >= 11 is 4.17. The first-order valence-electron chi connectivity index (χ1n) is 7.54. The third-order valence-corrected chi connectivity index (χ3v) is 6.23. The Hall–Kier alpha value is -2.08. The van der Waals surface area contributed by atoms with Gasteiger partial charge in [0, 0.05) is 12.4 Å². The minimum atomic E-state index is -0.365. The fourth-order valence-electron chi connectivity index (χ4n) is 2.21. The van der Waals surface area contributed by atoms with Crippen LogP contribution in [0, 0.1) is 0 Å².